The van der Waals surface area contributed by atoms with Crippen molar-refractivity contribution in [2.24, 2.45) is 5.73 Å². The minimum Gasteiger partial charge on any atom is -0.456 e. The van der Waals surface area contributed by atoms with Crippen LogP contribution in [0.2, 0.25) is 0 Å². The quantitative estimate of drug-likeness (QED) is 0.241. The molecule has 0 saturated heterocycles. The van der Waals surface area contributed by atoms with Gasteiger partial charge in [0.15, 0.2) is 12.3 Å². The highest BCUT2D eigenvalue weighted by atomic mass is 32.2. The van der Waals surface area contributed by atoms with Crippen molar-refractivity contribution < 1.29 is 27.5 Å². The SMILES string of the molecule is CSCCC(N)C(=O)OCC(=O)c1ccc(S(=O)(=O)NC(=O)c2ncccc2N)cc1-c1ccccc1. The Morgan fingerprint density at radius 1 is 1.08 bits per heavy atom. The van der Waals surface area contributed by atoms with Crippen LogP contribution in [0, 0.1) is 0 Å². The molecule has 0 aliphatic heterocycles. The van der Waals surface area contributed by atoms with Gasteiger partial charge in [-0.15, -0.1) is 0 Å². The fourth-order valence-electron chi connectivity index (χ4n) is 3.31. The van der Waals surface area contributed by atoms with E-state index in [0.29, 0.717) is 17.7 Å². The lowest BCUT2D eigenvalue weighted by molar-refractivity contribution is -0.144. The lowest BCUT2D eigenvalue weighted by Gasteiger charge is -2.14. The monoisotopic (exact) mass is 542 g/mol. The highest BCUT2D eigenvalue weighted by molar-refractivity contribution is 7.98. The number of nitrogen functional groups attached to an aromatic ring is 1. The summed E-state index contributed by atoms with van der Waals surface area (Å²) in [6.45, 7) is -0.562. The first-order chi connectivity index (χ1) is 17.6. The van der Waals surface area contributed by atoms with Crippen LogP contribution in [0.1, 0.15) is 27.3 Å². The molecule has 1 aromatic heterocycles. The molecule has 12 heteroatoms. The minimum atomic E-state index is -4.35. The molecular formula is C25H26N4O6S2. The number of thioether (sulfide) groups is 1. The average molecular weight is 543 g/mol. The van der Waals surface area contributed by atoms with E-state index < -0.39 is 40.3 Å². The first-order valence-corrected chi connectivity index (χ1v) is 13.9. The Bertz CT molecular complexity index is 1400. The highest BCUT2D eigenvalue weighted by Gasteiger charge is 2.24. The maximum Gasteiger partial charge on any atom is 0.323 e. The molecule has 194 valence electrons. The number of nitrogens with two attached hydrogens (primary N) is 2. The maximum atomic E-state index is 13.0. The number of ketones is 1. The van der Waals surface area contributed by atoms with Crippen LogP contribution < -0.4 is 16.2 Å². The summed E-state index contributed by atoms with van der Waals surface area (Å²) in [7, 11) is -4.35. The lowest BCUT2D eigenvalue weighted by Crippen LogP contribution is -2.34. The molecule has 0 spiro atoms. The summed E-state index contributed by atoms with van der Waals surface area (Å²) in [5, 5.41) is 0. The van der Waals surface area contributed by atoms with Gasteiger partial charge in [-0.1, -0.05) is 30.3 Å². The van der Waals surface area contributed by atoms with Crippen molar-refractivity contribution in [3.63, 3.8) is 0 Å². The molecule has 5 N–H and O–H groups in total. The number of carbonyl (C=O) groups is 3. The molecule has 0 fully saturated rings. The van der Waals surface area contributed by atoms with E-state index in [0.717, 1.165) is 0 Å². The van der Waals surface area contributed by atoms with Crippen LogP contribution in [0.15, 0.2) is 71.8 Å². The number of hydrogen-bond donors (Lipinski definition) is 3. The summed E-state index contributed by atoms with van der Waals surface area (Å²) in [5.74, 6) is -1.57. The summed E-state index contributed by atoms with van der Waals surface area (Å²) in [5.41, 5.74) is 12.3. The van der Waals surface area contributed by atoms with E-state index in [1.165, 1.54) is 48.3 Å². The van der Waals surface area contributed by atoms with Gasteiger partial charge >= 0.3 is 5.97 Å². The van der Waals surface area contributed by atoms with Crippen LogP contribution >= 0.6 is 11.8 Å². The van der Waals surface area contributed by atoms with Crippen molar-refractivity contribution in [3.8, 4) is 11.1 Å². The summed E-state index contributed by atoms with van der Waals surface area (Å²) in [6, 6.07) is 14.4. The predicted octanol–water partition coefficient (Wildman–Crippen LogP) is 2.26. The molecule has 3 rings (SSSR count). The molecule has 1 heterocycles. The van der Waals surface area contributed by atoms with Gasteiger partial charge in [0, 0.05) is 11.8 Å². The molecule has 2 aromatic carbocycles. The molecular weight excluding hydrogens is 516 g/mol. The standard InChI is InChI=1S/C25H26N4O6S2/c1-36-13-11-21(27)25(32)35-15-22(30)18-10-9-17(14-19(18)16-6-3-2-4-7-16)37(33,34)29-24(31)23-20(26)8-5-12-28-23/h2-10,12,14,21H,11,13,15,26-27H2,1H3,(H,29,31). The third kappa shape index (κ3) is 7.15. The fraction of sp³-hybridized carbons (Fsp3) is 0.200. The number of amides is 1. The number of nitrogens with zero attached hydrogens (tertiary/aromatic N) is 1. The predicted molar refractivity (Wildman–Crippen MR) is 141 cm³/mol. The second-order valence-electron chi connectivity index (χ2n) is 7.87. The van der Waals surface area contributed by atoms with Crippen molar-refractivity contribution in [1.82, 2.24) is 9.71 Å². The molecule has 10 nitrogen and oxygen atoms in total. The Kier molecular flexibility index (Phi) is 9.39. The number of rotatable bonds is 11. The Hall–Kier alpha value is -3.74. The first-order valence-electron chi connectivity index (χ1n) is 11.1. The average Bonchev–Trinajstić information content (AvgIpc) is 2.90. The van der Waals surface area contributed by atoms with Gasteiger partial charge in [-0.05, 0) is 59.9 Å². The van der Waals surface area contributed by atoms with Crippen molar-refractivity contribution in [3.05, 3.63) is 78.1 Å². The molecule has 1 unspecified atom stereocenters. The van der Waals surface area contributed by atoms with Crippen LogP contribution in [0.4, 0.5) is 5.69 Å². The van der Waals surface area contributed by atoms with Crippen LogP contribution in [0.3, 0.4) is 0 Å². The van der Waals surface area contributed by atoms with E-state index in [9.17, 15) is 22.8 Å². The summed E-state index contributed by atoms with van der Waals surface area (Å²) >= 11 is 1.53. The van der Waals surface area contributed by atoms with E-state index in [1.807, 2.05) is 11.0 Å². The van der Waals surface area contributed by atoms with Crippen molar-refractivity contribution in [2.45, 2.75) is 17.4 Å². The summed E-state index contributed by atoms with van der Waals surface area (Å²) in [6.07, 6.45) is 3.61. The van der Waals surface area contributed by atoms with Crippen LogP contribution in [-0.4, -0.2) is 55.7 Å². The molecule has 3 aromatic rings. The van der Waals surface area contributed by atoms with E-state index in [2.05, 4.69) is 4.98 Å². The van der Waals surface area contributed by atoms with Crippen molar-refractivity contribution in [1.29, 1.82) is 0 Å². The Balaban J connectivity index is 1.88. The van der Waals surface area contributed by atoms with Crippen molar-refractivity contribution in [2.75, 3.05) is 24.3 Å². The maximum absolute atomic E-state index is 13.0. The fourth-order valence-corrected chi connectivity index (χ4v) is 4.78. The normalized spacial score (nSPS) is 11.9. The van der Waals surface area contributed by atoms with Crippen LogP contribution in [0.25, 0.3) is 11.1 Å². The second kappa shape index (κ2) is 12.5. The molecule has 0 aliphatic carbocycles. The van der Waals surface area contributed by atoms with Crippen LogP contribution in [-0.2, 0) is 19.6 Å². The van der Waals surface area contributed by atoms with Crippen molar-refractivity contribution >= 4 is 45.1 Å². The summed E-state index contributed by atoms with van der Waals surface area (Å²) in [4.78, 5) is 41.2. The molecule has 1 atom stereocenters. The topological polar surface area (TPSA) is 172 Å². The van der Waals surface area contributed by atoms with E-state index in [-0.39, 0.29) is 27.4 Å². The molecule has 37 heavy (non-hydrogen) atoms. The summed E-state index contributed by atoms with van der Waals surface area (Å²) < 4.78 is 33.0. The molecule has 0 saturated carbocycles. The number of pyridine rings is 1. The van der Waals surface area contributed by atoms with Gasteiger partial charge in [0.05, 0.1) is 10.6 Å². The third-order valence-electron chi connectivity index (χ3n) is 5.25. The number of anilines is 1. The number of aromatic nitrogens is 1. The highest BCUT2D eigenvalue weighted by Crippen LogP contribution is 2.27. The van der Waals surface area contributed by atoms with Gasteiger partial charge < -0.3 is 16.2 Å². The zero-order chi connectivity index (χ0) is 27.0. The Labute approximate surface area is 218 Å². The van der Waals surface area contributed by atoms with E-state index in [4.69, 9.17) is 16.2 Å². The first kappa shape index (κ1) is 27.8. The smallest absolute Gasteiger partial charge is 0.323 e. The zero-order valence-electron chi connectivity index (χ0n) is 19.9. The van der Waals surface area contributed by atoms with E-state index >= 15 is 0 Å². The van der Waals surface area contributed by atoms with Gasteiger partial charge in [0.1, 0.15) is 6.04 Å². The van der Waals surface area contributed by atoms with Gasteiger partial charge in [-0.25, -0.2) is 18.1 Å². The Morgan fingerprint density at radius 3 is 2.49 bits per heavy atom. The number of esters is 1. The largest absolute Gasteiger partial charge is 0.456 e. The second-order valence-corrected chi connectivity index (χ2v) is 10.5. The van der Waals surface area contributed by atoms with Gasteiger partial charge in [0.2, 0.25) is 5.78 Å². The molecule has 0 radical (unpaired) electrons. The zero-order valence-corrected chi connectivity index (χ0v) is 21.6. The third-order valence-corrected chi connectivity index (χ3v) is 7.22. The Morgan fingerprint density at radius 2 is 1.81 bits per heavy atom. The van der Waals surface area contributed by atoms with E-state index in [1.54, 1.807) is 30.3 Å². The van der Waals surface area contributed by atoms with Crippen LogP contribution in [0.5, 0.6) is 0 Å². The number of carbonyl (C=O) groups excluding carboxylic acids is 3. The van der Waals surface area contributed by atoms with Gasteiger partial charge in [-0.3, -0.25) is 14.4 Å². The number of Topliss-reactive ketones (excluding diaryl/α,β-unsaturated/α-hetero) is 1. The van der Waals surface area contributed by atoms with Gasteiger partial charge in [0.25, 0.3) is 15.9 Å². The number of ether oxygens (including phenoxy) is 1. The molecule has 0 aliphatic rings. The lowest BCUT2D eigenvalue weighted by atomic mass is 9.97. The number of benzene rings is 2. The molecule has 0 bridgehead atoms. The number of hydrogen-bond acceptors (Lipinski definition) is 10. The number of nitrogens with one attached hydrogen (secondary N) is 1. The van der Waals surface area contributed by atoms with Gasteiger partial charge in [-0.2, -0.15) is 11.8 Å². The molecule has 1 amide bonds. The minimum absolute atomic E-state index is 0.0174. The number of sulfonamides is 1.